The number of carbonyl (C=O) groups is 2. The van der Waals surface area contributed by atoms with E-state index < -0.39 is 42.7 Å². The van der Waals surface area contributed by atoms with Crippen LogP contribution in [-0.2, 0) is 46.9 Å². The molecule has 2 unspecified atom stereocenters. The minimum atomic E-state index is -4.48. The molecule has 371 valence electrons. The fourth-order valence-electron chi connectivity index (χ4n) is 7.06. The fraction of sp³-hybridized carbons (Fsp3) is 0.955. The molecule has 0 saturated carbocycles. The molecule has 0 aromatic rings. The summed E-state index contributed by atoms with van der Waals surface area (Å²) < 4.78 is 61.3. The zero-order chi connectivity index (χ0) is 45.0. The Morgan fingerprint density at radius 2 is 0.541 bits per heavy atom. The van der Waals surface area contributed by atoms with Crippen molar-refractivity contribution in [3.8, 4) is 0 Å². The van der Waals surface area contributed by atoms with E-state index in [0.29, 0.717) is 12.8 Å². The summed E-state index contributed by atoms with van der Waals surface area (Å²) in [6, 6.07) is 0. The van der Waals surface area contributed by atoms with Crippen LogP contribution in [0, 0.1) is 0 Å². The Kier molecular flexibility index (Phi) is 49.7. The molecule has 2 heterocycles. The first-order valence-corrected chi connectivity index (χ1v) is 27.0. The maximum atomic E-state index is 10.9. The average molecular weight is 965 g/mol. The summed E-state index contributed by atoms with van der Waals surface area (Å²) in [5.74, 6) is -2.93. The number of aliphatic carboxylic acids is 2. The zero-order valence-electron chi connectivity index (χ0n) is 38.4. The quantitative estimate of drug-likeness (QED) is 0.0171. The first-order valence-electron chi connectivity index (χ1n) is 24.0. The molecule has 2 rings (SSSR count). The van der Waals surface area contributed by atoms with Crippen molar-refractivity contribution in [2.75, 3.05) is 52.4 Å². The summed E-state index contributed by atoms with van der Waals surface area (Å²) in [6.07, 6.45) is 33.2. The molecular formula is C44H92CuN4O10S2. The number of hydrogen-bond donors (Lipinski definition) is 8. The number of carboxylic acid groups (broad SMARTS) is 2. The van der Waals surface area contributed by atoms with E-state index in [2.05, 4.69) is 35.1 Å². The minimum Gasteiger partial charge on any atom is -0.480 e. The number of nitrogens with one attached hydrogen (secondary N) is 4. The molecule has 2 saturated heterocycles. The summed E-state index contributed by atoms with van der Waals surface area (Å²) in [7, 11) is -8.96. The van der Waals surface area contributed by atoms with E-state index in [9.17, 15) is 26.4 Å². The molecule has 2 atom stereocenters. The van der Waals surface area contributed by atoms with Crippen molar-refractivity contribution >= 4 is 32.2 Å². The van der Waals surface area contributed by atoms with Crippen LogP contribution in [0.1, 0.15) is 206 Å². The molecule has 0 aromatic heterocycles. The van der Waals surface area contributed by atoms with Crippen LogP contribution >= 0.6 is 0 Å². The molecule has 2 aliphatic heterocycles. The van der Waals surface area contributed by atoms with Crippen molar-refractivity contribution in [2.45, 2.75) is 217 Å². The third kappa shape index (κ3) is 48.4. The SMILES string of the molecule is C1CNCCN1.C1CNCCN1.CCCCCCCCCCCCCCCCC(C(=O)O)S(=O)(=O)O.CCCCCCCCCCCCCCCCC(C(=O)O)S(=O)(=O)O.[Cu]. The van der Waals surface area contributed by atoms with Crippen molar-refractivity contribution in [3.63, 3.8) is 0 Å². The van der Waals surface area contributed by atoms with E-state index in [1.54, 1.807) is 0 Å². The smallest absolute Gasteiger partial charge is 0.324 e. The van der Waals surface area contributed by atoms with Crippen molar-refractivity contribution < 1.29 is 62.8 Å². The van der Waals surface area contributed by atoms with Gasteiger partial charge in [0, 0.05) is 69.4 Å². The number of rotatable bonds is 34. The predicted octanol–water partition coefficient (Wildman–Crippen LogP) is 8.75. The molecule has 0 amide bonds. The van der Waals surface area contributed by atoms with Gasteiger partial charge < -0.3 is 31.5 Å². The second-order valence-electron chi connectivity index (χ2n) is 16.5. The fourth-order valence-corrected chi connectivity index (χ4v) is 8.49. The van der Waals surface area contributed by atoms with Crippen LogP contribution < -0.4 is 21.3 Å². The van der Waals surface area contributed by atoms with E-state index in [-0.39, 0.29) is 29.9 Å². The number of piperazine rings is 2. The number of hydrogen-bond acceptors (Lipinski definition) is 10. The molecular weight excluding hydrogens is 872 g/mol. The predicted molar refractivity (Wildman–Crippen MR) is 247 cm³/mol. The van der Waals surface area contributed by atoms with Crippen LogP contribution in [0.25, 0.3) is 0 Å². The molecule has 0 bridgehead atoms. The van der Waals surface area contributed by atoms with E-state index in [1.165, 1.54) is 128 Å². The molecule has 17 heteroatoms. The average Bonchev–Trinajstić information content (AvgIpc) is 3.21. The van der Waals surface area contributed by atoms with Crippen LogP contribution in [0.4, 0.5) is 0 Å². The molecule has 0 spiro atoms. The first-order chi connectivity index (χ1) is 28.8. The molecule has 0 aliphatic carbocycles. The summed E-state index contributed by atoms with van der Waals surface area (Å²) in [6.45, 7) is 13.6. The maximum Gasteiger partial charge on any atom is 0.324 e. The van der Waals surface area contributed by atoms with Crippen molar-refractivity contribution in [3.05, 3.63) is 0 Å². The molecule has 2 aliphatic rings. The van der Waals surface area contributed by atoms with E-state index in [4.69, 9.17) is 19.3 Å². The van der Waals surface area contributed by atoms with Gasteiger partial charge in [-0.2, -0.15) is 16.8 Å². The topological polar surface area (TPSA) is 231 Å². The van der Waals surface area contributed by atoms with Gasteiger partial charge in [0.25, 0.3) is 20.2 Å². The van der Waals surface area contributed by atoms with Crippen molar-refractivity contribution in [2.24, 2.45) is 0 Å². The number of unbranched alkanes of at least 4 members (excludes halogenated alkanes) is 26. The Morgan fingerprint density at radius 3 is 0.672 bits per heavy atom. The van der Waals surface area contributed by atoms with Gasteiger partial charge in [-0.25, -0.2) is 0 Å². The Labute approximate surface area is 383 Å². The second kappa shape index (κ2) is 47.1. The van der Waals surface area contributed by atoms with Gasteiger partial charge in [0.2, 0.25) is 0 Å². The van der Waals surface area contributed by atoms with Crippen LogP contribution in [0.3, 0.4) is 0 Å². The third-order valence-electron chi connectivity index (χ3n) is 10.8. The van der Waals surface area contributed by atoms with Gasteiger partial charge in [-0.05, 0) is 12.8 Å². The van der Waals surface area contributed by atoms with Gasteiger partial charge in [-0.1, -0.05) is 194 Å². The van der Waals surface area contributed by atoms with E-state index in [0.717, 1.165) is 90.9 Å². The third-order valence-corrected chi connectivity index (χ3v) is 13.1. The largest absolute Gasteiger partial charge is 0.480 e. The Balaban J connectivity index is -0.000000848. The molecule has 8 N–H and O–H groups in total. The Hall–Kier alpha value is -0.881. The van der Waals surface area contributed by atoms with Gasteiger partial charge in [-0.15, -0.1) is 0 Å². The van der Waals surface area contributed by atoms with Crippen LogP contribution in [0.5, 0.6) is 0 Å². The van der Waals surface area contributed by atoms with Crippen LogP contribution in [0.2, 0.25) is 0 Å². The Morgan fingerprint density at radius 1 is 0.377 bits per heavy atom. The summed E-state index contributed by atoms with van der Waals surface area (Å²) >= 11 is 0. The molecule has 2 fully saturated rings. The molecule has 14 nitrogen and oxygen atoms in total. The zero-order valence-corrected chi connectivity index (χ0v) is 41.0. The minimum absolute atomic E-state index is 0. The van der Waals surface area contributed by atoms with Crippen molar-refractivity contribution in [1.82, 2.24) is 21.3 Å². The standard InChI is InChI=1S/2C18H36O5S.2C4H10N2.Cu/c2*1-2-3-4-5-6-7-8-9-10-11-12-13-14-15-16-17(18(19)20)24(21,22)23;2*1-2-6-4-3-5-1;/h2*17H,2-16H2,1H3,(H,19,20)(H,21,22,23);2*5-6H,1-4H2;. The normalized spacial score (nSPS) is 15.0. The van der Waals surface area contributed by atoms with Gasteiger partial charge in [-0.3, -0.25) is 18.7 Å². The van der Waals surface area contributed by atoms with Gasteiger partial charge in [0.15, 0.2) is 10.5 Å². The second-order valence-corrected chi connectivity index (χ2v) is 19.7. The van der Waals surface area contributed by atoms with Crippen LogP contribution in [-0.4, -0.2) is 111 Å². The summed E-state index contributed by atoms with van der Waals surface area (Å²) in [5, 5.41) is 27.1. The van der Waals surface area contributed by atoms with E-state index >= 15 is 0 Å². The molecule has 61 heavy (non-hydrogen) atoms. The van der Waals surface area contributed by atoms with Gasteiger partial charge in [0.05, 0.1) is 0 Å². The number of carboxylic acids is 2. The molecule has 0 aromatic carbocycles. The van der Waals surface area contributed by atoms with Crippen LogP contribution in [0.15, 0.2) is 0 Å². The first kappa shape index (κ1) is 64.4. The van der Waals surface area contributed by atoms with Gasteiger partial charge in [0.1, 0.15) is 0 Å². The van der Waals surface area contributed by atoms with E-state index in [1.807, 2.05) is 0 Å². The molecule has 1 radical (unpaired) electrons. The summed E-state index contributed by atoms with van der Waals surface area (Å²) in [5.41, 5.74) is 0. The van der Waals surface area contributed by atoms with Crippen molar-refractivity contribution in [1.29, 1.82) is 0 Å². The monoisotopic (exact) mass is 964 g/mol. The Bertz CT molecular complexity index is 1070. The summed E-state index contributed by atoms with van der Waals surface area (Å²) in [4.78, 5) is 21.5. The van der Waals surface area contributed by atoms with Gasteiger partial charge >= 0.3 is 11.9 Å². The maximum absolute atomic E-state index is 10.9.